The van der Waals surface area contributed by atoms with E-state index in [1.807, 2.05) is 12.3 Å². The summed E-state index contributed by atoms with van der Waals surface area (Å²) in [6.07, 6.45) is 5.70. The van der Waals surface area contributed by atoms with Crippen LogP contribution in [0.4, 0.5) is 0 Å². The van der Waals surface area contributed by atoms with Crippen LogP contribution in [0.15, 0.2) is 16.9 Å². The number of pyridine rings is 1. The van der Waals surface area contributed by atoms with Crippen LogP contribution in [-0.4, -0.2) is 11.1 Å². The van der Waals surface area contributed by atoms with E-state index >= 15 is 0 Å². The van der Waals surface area contributed by atoms with Gasteiger partial charge in [-0.1, -0.05) is 6.92 Å². The Morgan fingerprint density at radius 1 is 1.62 bits per heavy atom. The van der Waals surface area contributed by atoms with E-state index in [1.165, 1.54) is 18.4 Å². The third kappa shape index (κ3) is 2.21. The van der Waals surface area contributed by atoms with Gasteiger partial charge in [0.25, 0.3) is 0 Å². The lowest BCUT2D eigenvalue weighted by atomic mass is 10.2. The molecule has 0 unspecified atom stereocenters. The molecule has 0 spiro atoms. The Labute approximate surface area is 86.5 Å². The monoisotopic (exact) mass is 241 g/mol. The molecule has 0 atom stereocenters. The van der Waals surface area contributed by atoms with Gasteiger partial charge in [0.15, 0.2) is 0 Å². The Balaban J connectivity index is 2.22. The Morgan fingerprint density at radius 3 is 3.00 bits per heavy atom. The van der Waals surface area contributed by atoms with Gasteiger partial charge in [0, 0.05) is 17.8 Å². The number of aromatic nitrogens is 1. The minimum absolute atomic E-state index is 0.458. The maximum absolute atomic E-state index is 5.76. The van der Waals surface area contributed by atoms with Crippen LogP contribution in [0.5, 0.6) is 5.75 Å². The van der Waals surface area contributed by atoms with E-state index in [2.05, 4.69) is 27.8 Å². The van der Waals surface area contributed by atoms with E-state index in [1.54, 1.807) is 0 Å². The quantitative estimate of drug-likeness (QED) is 0.760. The van der Waals surface area contributed by atoms with Crippen LogP contribution in [0.3, 0.4) is 0 Å². The van der Waals surface area contributed by atoms with Crippen molar-refractivity contribution in [2.45, 2.75) is 32.3 Å². The Kier molecular flexibility index (Phi) is 2.54. The molecule has 0 aliphatic heterocycles. The molecule has 1 fully saturated rings. The maximum atomic E-state index is 5.76. The molecular formula is C10H12BrNO. The average molecular weight is 242 g/mol. The summed E-state index contributed by atoms with van der Waals surface area (Å²) in [5.74, 6) is 0.992. The van der Waals surface area contributed by atoms with E-state index in [-0.39, 0.29) is 0 Å². The number of rotatable bonds is 3. The van der Waals surface area contributed by atoms with Gasteiger partial charge in [-0.15, -0.1) is 0 Å². The van der Waals surface area contributed by atoms with Crippen molar-refractivity contribution in [3.63, 3.8) is 0 Å². The second kappa shape index (κ2) is 3.66. The van der Waals surface area contributed by atoms with Crippen molar-refractivity contribution in [2.75, 3.05) is 0 Å². The average Bonchev–Trinajstić information content (AvgIpc) is 2.89. The molecule has 1 aliphatic carbocycles. The molecule has 1 aromatic rings. The van der Waals surface area contributed by atoms with Crippen molar-refractivity contribution in [3.8, 4) is 5.75 Å². The molecular weight excluding hydrogens is 230 g/mol. The van der Waals surface area contributed by atoms with Crippen molar-refractivity contribution in [2.24, 2.45) is 0 Å². The Bertz CT molecular complexity index is 310. The molecule has 2 nitrogen and oxygen atoms in total. The molecule has 0 saturated heterocycles. The van der Waals surface area contributed by atoms with Crippen molar-refractivity contribution in [3.05, 3.63) is 22.4 Å². The van der Waals surface area contributed by atoms with Gasteiger partial charge in [0.1, 0.15) is 10.4 Å². The van der Waals surface area contributed by atoms with Gasteiger partial charge in [-0.05, 0) is 35.2 Å². The summed E-state index contributed by atoms with van der Waals surface area (Å²) >= 11 is 3.34. The fourth-order valence-electron chi connectivity index (χ4n) is 1.18. The van der Waals surface area contributed by atoms with Gasteiger partial charge in [0.05, 0.1) is 6.10 Å². The van der Waals surface area contributed by atoms with Crippen LogP contribution < -0.4 is 4.74 Å². The highest BCUT2D eigenvalue weighted by atomic mass is 79.9. The first-order chi connectivity index (χ1) is 6.29. The molecule has 0 aromatic carbocycles. The van der Waals surface area contributed by atoms with Crippen LogP contribution in [-0.2, 0) is 6.42 Å². The highest BCUT2D eigenvalue weighted by molar-refractivity contribution is 9.10. The first-order valence-corrected chi connectivity index (χ1v) is 5.40. The third-order valence-corrected chi connectivity index (χ3v) is 2.54. The fourth-order valence-corrected chi connectivity index (χ4v) is 1.49. The smallest absolute Gasteiger partial charge is 0.127 e. The Morgan fingerprint density at radius 2 is 2.38 bits per heavy atom. The topological polar surface area (TPSA) is 22.1 Å². The second-order valence-corrected chi connectivity index (χ2v) is 4.10. The zero-order valence-corrected chi connectivity index (χ0v) is 9.17. The summed E-state index contributed by atoms with van der Waals surface area (Å²) in [7, 11) is 0. The summed E-state index contributed by atoms with van der Waals surface area (Å²) in [5.41, 5.74) is 1.19. The van der Waals surface area contributed by atoms with Crippen molar-refractivity contribution in [1.29, 1.82) is 0 Å². The second-order valence-electron chi connectivity index (χ2n) is 3.29. The first kappa shape index (κ1) is 9.00. The number of halogens is 1. The highest BCUT2D eigenvalue weighted by Crippen LogP contribution is 2.30. The van der Waals surface area contributed by atoms with E-state index in [0.717, 1.165) is 16.8 Å². The maximum Gasteiger partial charge on any atom is 0.127 e. The highest BCUT2D eigenvalue weighted by Gasteiger charge is 2.24. The fraction of sp³-hybridized carbons (Fsp3) is 0.500. The number of hydrogen-bond acceptors (Lipinski definition) is 2. The number of hydrogen-bond donors (Lipinski definition) is 0. The predicted octanol–water partition coefficient (Wildman–Crippen LogP) is 2.95. The van der Waals surface area contributed by atoms with Gasteiger partial charge in [-0.25, -0.2) is 4.98 Å². The number of aryl methyl sites for hydroxylation is 1. The summed E-state index contributed by atoms with van der Waals surface area (Å²) in [6, 6.07) is 1.96. The lowest BCUT2D eigenvalue weighted by molar-refractivity contribution is 0.299. The molecule has 0 radical (unpaired) electrons. The molecule has 1 aliphatic rings. The SMILES string of the molecule is CCc1cnc(Br)cc1OC1CC1. The summed E-state index contributed by atoms with van der Waals surface area (Å²) in [4.78, 5) is 4.17. The standard InChI is InChI=1S/C10H12BrNO/c1-2-7-6-12-10(11)5-9(7)13-8-3-4-8/h5-6,8H,2-4H2,1H3. The molecule has 1 saturated carbocycles. The molecule has 1 heterocycles. The number of ether oxygens (including phenoxy) is 1. The summed E-state index contributed by atoms with van der Waals surface area (Å²) < 4.78 is 6.61. The molecule has 0 amide bonds. The number of nitrogens with zero attached hydrogens (tertiary/aromatic N) is 1. The predicted molar refractivity (Wildman–Crippen MR) is 55.0 cm³/mol. The van der Waals surface area contributed by atoms with E-state index < -0.39 is 0 Å². The van der Waals surface area contributed by atoms with Gasteiger partial charge in [-0.3, -0.25) is 0 Å². The van der Waals surface area contributed by atoms with E-state index in [9.17, 15) is 0 Å². The van der Waals surface area contributed by atoms with Crippen molar-refractivity contribution in [1.82, 2.24) is 4.98 Å². The van der Waals surface area contributed by atoms with Crippen LogP contribution in [0.2, 0.25) is 0 Å². The summed E-state index contributed by atoms with van der Waals surface area (Å²) in [5, 5.41) is 0. The van der Waals surface area contributed by atoms with Crippen LogP contribution in [0, 0.1) is 0 Å². The minimum atomic E-state index is 0.458. The molecule has 70 valence electrons. The van der Waals surface area contributed by atoms with E-state index in [4.69, 9.17) is 4.74 Å². The Hall–Kier alpha value is -0.570. The van der Waals surface area contributed by atoms with Crippen molar-refractivity contribution >= 4 is 15.9 Å². The molecule has 0 N–H and O–H groups in total. The third-order valence-electron chi connectivity index (χ3n) is 2.11. The molecule has 1 aromatic heterocycles. The van der Waals surface area contributed by atoms with Gasteiger partial charge in [-0.2, -0.15) is 0 Å². The summed E-state index contributed by atoms with van der Waals surface area (Å²) in [6.45, 7) is 2.12. The first-order valence-electron chi connectivity index (χ1n) is 4.60. The zero-order valence-electron chi connectivity index (χ0n) is 7.59. The van der Waals surface area contributed by atoms with Gasteiger partial charge in [0.2, 0.25) is 0 Å². The van der Waals surface area contributed by atoms with Gasteiger partial charge < -0.3 is 4.74 Å². The lowest BCUT2D eigenvalue weighted by Crippen LogP contribution is -1.99. The van der Waals surface area contributed by atoms with Crippen LogP contribution in [0.25, 0.3) is 0 Å². The molecule has 13 heavy (non-hydrogen) atoms. The van der Waals surface area contributed by atoms with Crippen LogP contribution in [0.1, 0.15) is 25.3 Å². The molecule has 2 rings (SSSR count). The lowest BCUT2D eigenvalue weighted by Gasteiger charge is -2.08. The van der Waals surface area contributed by atoms with Crippen LogP contribution >= 0.6 is 15.9 Å². The van der Waals surface area contributed by atoms with E-state index in [0.29, 0.717) is 6.10 Å². The van der Waals surface area contributed by atoms with Gasteiger partial charge >= 0.3 is 0 Å². The zero-order chi connectivity index (χ0) is 9.26. The largest absolute Gasteiger partial charge is 0.490 e. The van der Waals surface area contributed by atoms with Crippen molar-refractivity contribution < 1.29 is 4.74 Å². The molecule has 3 heteroatoms. The minimum Gasteiger partial charge on any atom is -0.490 e. The normalized spacial score (nSPS) is 15.8. The molecule has 0 bridgehead atoms.